The third-order valence-electron chi connectivity index (χ3n) is 2.41. The lowest BCUT2D eigenvalue weighted by Crippen LogP contribution is -2.18. The number of carbonyl (C=O) groups is 1. The summed E-state index contributed by atoms with van der Waals surface area (Å²) in [6.07, 6.45) is 0.886. The van der Waals surface area contributed by atoms with Crippen LogP contribution in [0.2, 0.25) is 0 Å². The Morgan fingerprint density at radius 3 is 2.56 bits per heavy atom. The highest BCUT2D eigenvalue weighted by atomic mass is 19.2. The summed E-state index contributed by atoms with van der Waals surface area (Å²) in [5.74, 6) is -5.18. The number of carbonyl (C=O) groups excluding carboxylic acids is 1. The number of ether oxygens (including phenoxy) is 1. The van der Waals surface area contributed by atoms with E-state index in [1.807, 2.05) is 0 Å². The number of pyridine rings is 1. The molecule has 0 aliphatic heterocycles. The molecule has 1 aromatic heterocycles. The molecule has 4 nitrogen and oxygen atoms in total. The number of nitrogens with one attached hydrogen (secondary N) is 1. The third kappa shape index (κ3) is 1.64. The Balaban J connectivity index is 2.94. The Morgan fingerprint density at radius 1 is 1.28 bits per heavy atom. The lowest BCUT2D eigenvalue weighted by Gasteiger charge is -2.04. The zero-order valence-electron chi connectivity index (χ0n) is 9.01. The van der Waals surface area contributed by atoms with E-state index in [1.54, 1.807) is 0 Å². The van der Waals surface area contributed by atoms with Crippen molar-refractivity contribution in [1.29, 1.82) is 0 Å². The number of hydrogen-bond acceptors (Lipinski definition) is 3. The van der Waals surface area contributed by atoms with Crippen molar-refractivity contribution in [2.75, 3.05) is 7.11 Å². The van der Waals surface area contributed by atoms with Crippen LogP contribution in [-0.2, 0) is 4.74 Å². The summed E-state index contributed by atoms with van der Waals surface area (Å²) < 4.78 is 44.1. The van der Waals surface area contributed by atoms with Crippen LogP contribution in [0.3, 0.4) is 0 Å². The average Bonchev–Trinajstić information content (AvgIpc) is 2.35. The van der Waals surface area contributed by atoms with Crippen molar-refractivity contribution in [2.24, 2.45) is 0 Å². The van der Waals surface area contributed by atoms with E-state index in [9.17, 15) is 22.8 Å². The molecule has 2 rings (SSSR count). The summed E-state index contributed by atoms with van der Waals surface area (Å²) in [5, 5.41) is -0.851. The van der Waals surface area contributed by atoms with Gasteiger partial charge in [0.25, 0.3) is 0 Å². The van der Waals surface area contributed by atoms with Crippen molar-refractivity contribution < 1.29 is 22.7 Å². The number of fused-ring (bicyclic) bond motifs is 1. The van der Waals surface area contributed by atoms with Crippen molar-refractivity contribution in [3.8, 4) is 0 Å². The van der Waals surface area contributed by atoms with Crippen LogP contribution in [0, 0.1) is 17.5 Å². The Kier molecular flexibility index (Phi) is 2.82. The van der Waals surface area contributed by atoms with E-state index < -0.39 is 45.3 Å². The Hall–Kier alpha value is -2.31. The predicted octanol–water partition coefficient (Wildman–Crippen LogP) is 1.73. The molecule has 2 aromatic rings. The minimum absolute atomic E-state index is 0.311. The maximum absolute atomic E-state index is 13.5. The molecular weight excluding hydrogens is 251 g/mol. The lowest BCUT2D eigenvalue weighted by atomic mass is 10.1. The first-order chi connectivity index (χ1) is 8.47. The molecule has 0 radical (unpaired) electrons. The molecule has 0 atom stereocenters. The van der Waals surface area contributed by atoms with Crippen molar-refractivity contribution in [3.63, 3.8) is 0 Å². The fourth-order valence-electron chi connectivity index (χ4n) is 1.56. The highest BCUT2D eigenvalue weighted by Crippen LogP contribution is 2.19. The van der Waals surface area contributed by atoms with E-state index in [4.69, 9.17) is 0 Å². The number of aromatic nitrogens is 1. The molecule has 0 bridgehead atoms. The van der Waals surface area contributed by atoms with Gasteiger partial charge in [0.15, 0.2) is 17.5 Å². The van der Waals surface area contributed by atoms with E-state index in [0.717, 1.165) is 13.3 Å². The van der Waals surface area contributed by atoms with Gasteiger partial charge in [-0.15, -0.1) is 0 Å². The first-order valence-electron chi connectivity index (χ1n) is 4.74. The van der Waals surface area contributed by atoms with Gasteiger partial charge in [0.05, 0.1) is 18.0 Å². The number of methoxy groups -OCH3 is 1. The molecule has 0 fully saturated rings. The van der Waals surface area contributed by atoms with Crippen LogP contribution < -0.4 is 5.43 Å². The summed E-state index contributed by atoms with van der Waals surface area (Å²) in [4.78, 5) is 25.2. The molecule has 0 spiro atoms. The largest absolute Gasteiger partial charge is 0.465 e. The summed E-state index contributed by atoms with van der Waals surface area (Å²) in [6.45, 7) is 0. The van der Waals surface area contributed by atoms with Crippen LogP contribution in [0.5, 0.6) is 0 Å². The van der Waals surface area contributed by atoms with Gasteiger partial charge in [-0.25, -0.2) is 18.0 Å². The van der Waals surface area contributed by atoms with Crippen LogP contribution in [0.15, 0.2) is 17.1 Å². The van der Waals surface area contributed by atoms with E-state index in [2.05, 4.69) is 9.72 Å². The second-order valence-electron chi connectivity index (χ2n) is 3.43. The molecular formula is C11H6F3NO3. The van der Waals surface area contributed by atoms with E-state index in [1.165, 1.54) is 0 Å². The van der Waals surface area contributed by atoms with Crippen molar-refractivity contribution >= 4 is 16.9 Å². The van der Waals surface area contributed by atoms with Gasteiger partial charge in [0, 0.05) is 12.3 Å². The van der Waals surface area contributed by atoms with Gasteiger partial charge in [-0.3, -0.25) is 4.79 Å². The van der Waals surface area contributed by atoms with Gasteiger partial charge < -0.3 is 9.72 Å². The zero-order chi connectivity index (χ0) is 13.4. The SMILES string of the molecule is COC(=O)c1c[nH]c2c(F)cc(F)c(F)c2c1=O. The van der Waals surface area contributed by atoms with Crippen LogP contribution >= 0.6 is 0 Å². The van der Waals surface area contributed by atoms with Gasteiger partial charge >= 0.3 is 5.97 Å². The quantitative estimate of drug-likeness (QED) is 0.625. The van der Waals surface area contributed by atoms with Crippen LogP contribution in [0.4, 0.5) is 13.2 Å². The number of rotatable bonds is 1. The second kappa shape index (κ2) is 4.17. The summed E-state index contributed by atoms with van der Waals surface area (Å²) >= 11 is 0. The number of halogens is 3. The molecule has 94 valence electrons. The standard InChI is InChI=1S/C11H6F3NO3/c1-18-11(17)4-3-15-9-6(13)2-5(12)8(14)7(9)10(4)16/h2-3H,1H3,(H,15,16). The van der Waals surface area contributed by atoms with Gasteiger partial charge in [0.1, 0.15) is 5.56 Å². The normalized spacial score (nSPS) is 10.7. The van der Waals surface area contributed by atoms with Gasteiger partial charge in [0.2, 0.25) is 5.43 Å². The molecule has 7 heteroatoms. The van der Waals surface area contributed by atoms with Crippen molar-refractivity contribution in [1.82, 2.24) is 4.98 Å². The zero-order valence-corrected chi connectivity index (χ0v) is 9.01. The van der Waals surface area contributed by atoms with Crippen molar-refractivity contribution in [3.05, 3.63) is 45.5 Å². The topological polar surface area (TPSA) is 59.2 Å². The number of hydrogen-bond donors (Lipinski definition) is 1. The summed E-state index contributed by atoms with van der Waals surface area (Å²) in [6, 6.07) is 0.311. The summed E-state index contributed by atoms with van der Waals surface area (Å²) in [7, 11) is 1.02. The maximum Gasteiger partial charge on any atom is 0.343 e. The molecule has 1 heterocycles. The number of aromatic amines is 1. The minimum atomic E-state index is -1.52. The molecule has 1 N–H and O–H groups in total. The highest BCUT2D eigenvalue weighted by Gasteiger charge is 2.20. The van der Waals surface area contributed by atoms with Gasteiger partial charge in [-0.2, -0.15) is 0 Å². The first kappa shape index (κ1) is 12.2. The molecule has 0 saturated heterocycles. The van der Waals surface area contributed by atoms with Crippen molar-refractivity contribution in [2.45, 2.75) is 0 Å². The smallest absolute Gasteiger partial charge is 0.343 e. The van der Waals surface area contributed by atoms with Crippen LogP contribution in [-0.4, -0.2) is 18.1 Å². The minimum Gasteiger partial charge on any atom is -0.465 e. The fraction of sp³-hybridized carbons (Fsp3) is 0.0909. The highest BCUT2D eigenvalue weighted by molar-refractivity contribution is 5.93. The first-order valence-corrected chi connectivity index (χ1v) is 4.74. The molecule has 0 saturated carbocycles. The van der Waals surface area contributed by atoms with Crippen LogP contribution in [0.1, 0.15) is 10.4 Å². The Bertz CT molecular complexity index is 709. The second-order valence-corrected chi connectivity index (χ2v) is 3.43. The molecule has 18 heavy (non-hydrogen) atoms. The lowest BCUT2D eigenvalue weighted by molar-refractivity contribution is 0.0599. The third-order valence-corrected chi connectivity index (χ3v) is 2.41. The average molecular weight is 257 g/mol. The maximum atomic E-state index is 13.5. The number of esters is 1. The molecule has 0 aliphatic carbocycles. The fourth-order valence-corrected chi connectivity index (χ4v) is 1.56. The molecule has 0 amide bonds. The van der Waals surface area contributed by atoms with Crippen LogP contribution in [0.25, 0.3) is 10.9 Å². The number of benzene rings is 1. The number of H-pyrrole nitrogens is 1. The van der Waals surface area contributed by atoms with E-state index >= 15 is 0 Å². The predicted molar refractivity (Wildman–Crippen MR) is 55.8 cm³/mol. The Morgan fingerprint density at radius 2 is 1.94 bits per heavy atom. The molecule has 0 aliphatic rings. The van der Waals surface area contributed by atoms with Gasteiger partial charge in [-0.1, -0.05) is 0 Å². The summed E-state index contributed by atoms with van der Waals surface area (Å²) in [5.41, 5.74) is -2.17. The Labute approximate surface area is 98.0 Å². The van der Waals surface area contributed by atoms with E-state index in [0.29, 0.717) is 6.07 Å². The monoisotopic (exact) mass is 257 g/mol. The molecule has 1 aromatic carbocycles. The van der Waals surface area contributed by atoms with Gasteiger partial charge in [-0.05, 0) is 0 Å². The van der Waals surface area contributed by atoms with E-state index in [-0.39, 0.29) is 0 Å². The molecule has 0 unspecified atom stereocenters.